The van der Waals surface area contributed by atoms with E-state index in [4.69, 9.17) is 15.4 Å². The number of furan rings is 1. The first-order valence-electron chi connectivity index (χ1n) is 5.22. The zero-order valence-corrected chi connectivity index (χ0v) is 9.03. The summed E-state index contributed by atoms with van der Waals surface area (Å²) in [6.07, 6.45) is 2.11. The lowest BCUT2D eigenvalue weighted by molar-refractivity contribution is 0.0923. The molecular formula is C11H15N3O2. The summed E-state index contributed by atoms with van der Waals surface area (Å²) < 4.78 is 5.18. The summed E-state index contributed by atoms with van der Waals surface area (Å²) in [5, 5.41) is 11.0. The first kappa shape index (κ1) is 12.3. The molecule has 1 rings (SSSR count). The molecule has 0 radical (unpaired) electrons. The summed E-state index contributed by atoms with van der Waals surface area (Å²) in [5.74, 6) is 0.632. The topological polar surface area (TPSA) is 92.0 Å². The van der Waals surface area contributed by atoms with E-state index in [2.05, 4.69) is 11.4 Å². The fourth-order valence-electron chi connectivity index (χ4n) is 1.23. The second-order valence-electron chi connectivity index (χ2n) is 3.34. The zero-order chi connectivity index (χ0) is 11.8. The third-order valence-corrected chi connectivity index (χ3v) is 2.09. The molecule has 5 heteroatoms. The van der Waals surface area contributed by atoms with Crippen LogP contribution in [0.25, 0.3) is 0 Å². The van der Waals surface area contributed by atoms with Crippen molar-refractivity contribution in [2.75, 3.05) is 6.54 Å². The smallest absolute Gasteiger partial charge is 0.286 e. The van der Waals surface area contributed by atoms with E-state index in [9.17, 15) is 4.79 Å². The Bertz CT molecular complexity index is 379. The first-order valence-corrected chi connectivity index (χ1v) is 5.22. The predicted molar refractivity (Wildman–Crippen MR) is 58.4 cm³/mol. The van der Waals surface area contributed by atoms with Crippen molar-refractivity contribution in [2.45, 2.75) is 25.8 Å². The Morgan fingerprint density at radius 3 is 2.94 bits per heavy atom. The number of hydrogen-bond acceptors (Lipinski definition) is 4. The van der Waals surface area contributed by atoms with E-state index in [0.29, 0.717) is 18.7 Å². The molecule has 0 bridgehead atoms. The van der Waals surface area contributed by atoms with E-state index < -0.39 is 0 Å². The van der Waals surface area contributed by atoms with Gasteiger partial charge in [-0.15, -0.1) is 0 Å². The SMILES string of the molecule is N#CCCCCNC(=O)c1ccc(CN)o1. The summed E-state index contributed by atoms with van der Waals surface area (Å²) in [6.45, 7) is 0.842. The minimum Gasteiger partial charge on any atom is -0.455 e. The van der Waals surface area contributed by atoms with Crippen LogP contribution in [-0.4, -0.2) is 12.5 Å². The Balaban J connectivity index is 2.27. The van der Waals surface area contributed by atoms with Crippen LogP contribution in [0.2, 0.25) is 0 Å². The third kappa shape index (κ3) is 3.75. The predicted octanol–water partition coefficient (Wildman–Crippen LogP) is 1.16. The van der Waals surface area contributed by atoms with E-state index in [-0.39, 0.29) is 18.2 Å². The highest BCUT2D eigenvalue weighted by Crippen LogP contribution is 2.06. The van der Waals surface area contributed by atoms with Gasteiger partial charge in [-0.3, -0.25) is 4.79 Å². The van der Waals surface area contributed by atoms with E-state index in [1.54, 1.807) is 12.1 Å². The highest BCUT2D eigenvalue weighted by Gasteiger charge is 2.09. The summed E-state index contributed by atoms with van der Waals surface area (Å²) in [7, 11) is 0. The maximum Gasteiger partial charge on any atom is 0.286 e. The van der Waals surface area contributed by atoms with Gasteiger partial charge in [-0.25, -0.2) is 0 Å². The zero-order valence-electron chi connectivity index (χ0n) is 9.03. The Morgan fingerprint density at radius 1 is 1.50 bits per heavy atom. The van der Waals surface area contributed by atoms with Gasteiger partial charge in [-0.1, -0.05) is 0 Å². The lowest BCUT2D eigenvalue weighted by atomic mass is 10.2. The van der Waals surface area contributed by atoms with Gasteiger partial charge in [0.25, 0.3) is 5.91 Å². The van der Waals surface area contributed by atoms with Gasteiger partial charge in [-0.2, -0.15) is 5.26 Å². The van der Waals surface area contributed by atoms with Gasteiger partial charge >= 0.3 is 0 Å². The second kappa shape index (κ2) is 6.64. The van der Waals surface area contributed by atoms with Crippen LogP contribution in [0.5, 0.6) is 0 Å². The second-order valence-corrected chi connectivity index (χ2v) is 3.34. The van der Waals surface area contributed by atoms with Crippen LogP contribution in [-0.2, 0) is 6.54 Å². The number of nitrogens with two attached hydrogens (primary N) is 1. The molecule has 0 aromatic carbocycles. The molecule has 0 aliphatic carbocycles. The van der Waals surface area contributed by atoms with E-state index in [1.165, 1.54) is 0 Å². The van der Waals surface area contributed by atoms with Crippen LogP contribution >= 0.6 is 0 Å². The number of nitriles is 1. The molecule has 0 saturated heterocycles. The lowest BCUT2D eigenvalue weighted by Gasteiger charge is -2.01. The van der Waals surface area contributed by atoms with Crippen LogP contribution in [0.4, 0.5) is 0 Å². The standard InChI is InChI=1S/C11H15N3O2/c12-6-2-1-3-7-14-11(15)10-5-4-9(8-13)16-10/h4-5H,1-3,7-8,13H2,(H,14,15). The maximum absolute atomic E-state index is 11.5. The number of unbranched alkanes of at least 4 members (excludes halogenated alkanes) is 2. The molecule has 0 fully saturated rings. The number of nitrogens with zero attached hydrogens (tertiary/aromatic N) is 1. The highest BCUT2D eigenvalue weighted by molar-refractivity contribution is 5.91. The van der Waals surface area contributed by atoms with Gasteiger partial charge in [0.15, 0.2) is 5.76 Å². The van der Waals surface area contributed by atoms with Crippen molar-refractivity contribution in [3.8, 4) is 6.07 Å². The van der Waals surface area contributed by atoms with E-state index in [0.717, 1.165) is 12.8 Å². The Morgan fingerprint density at radius 2 is 2.31 bits per heavy atom. The minimum atomic E-state index is -0.239. The van der Waals surface area contributed by atoms with Gasteiger partial charge < -0.3 is 15.5 Å². The van der Waals surface area contributed by atoms with Crippen LogP contribution in [0.1, 0.15) is 35.6 Å². The van der Waals surface area contributed by atoms with E-state index >= 15 is 0 Å². The van der Waals surface area contributed by atoms with Crippen molar-refractivity contribution in [3.05, 3.63) is 23.7 Å². The van der Waals surface area contributed by atoms with Crippen LogP contribution < -0.4 is 11.1 Å². The average molecular weight is 221 g/mol. The summed E-state index contributed by atoms with van der Waals surface area (Å²) >= 11 is 0. The highest BCUT2D eigenvalue weighted by atomic mass is 16.4. The third-order valence-electron chi connectivity index (χ3n) is 2.09. The number of amides is 1. The van der Waals surface area contributed by atoms with Crippen molar-refractivity contribution in [1.29, 1.82) is 5.26 Å². The Labute approximate surface area is 94.2 Å². The normalized spacial score (nSPS) is 9.75. The molecular weight excluding hydrogens is 206 g/mol. The van der Waals surface area contributed by atoms with Crippen molar-refractivity contribution < 1.29 is 9.21 Å². The van der Waals surface area contributed by atoms with Crippen molar-refractivity contribution in [3.63, 3.8) is 0 Å². The molecule has 3 N–H and O–H groups in total. The minimum absolute atomic E-state index is 0.239. The molecule has 0 saturated carbocycles. The number of nitrogens with one attached hydrogen (secondary N) is 1. The molecule has 5 nitrogen and oxygen atoms in total. The fraction of sp³-hybridized carbons (Fsp3) is 0.455. The molecule has 0 unspecified atom stereocenters. The van der Waals surface area contributed by atoms with Crippen LogP contribution in [0, 0.1) is 11.3 Å². The summed E-state index contributed by atoms with van der Waals surface area (Å²) in [5.41, 5.74) is 5.36. The molecule has 1 heterocycles. The van der Waals surface area contributed by atoms with Crippen LogP contribution in [0.15, 0.2) is 16.5 Å². The quantitative estimate of drug-likeness (QED) is 0.705. The van der Waals surface area contributed by atoms with Gasteiger partial charge in [0.2, 0.25) is 0 Å². The molecule has 86 valence electrons. The largest absolute Gasteiger partial charge is 0.455 e. The Hall–Kier alpha value is -1.80. The molecule has 1 aromatic rings. The summed E-state index contributed by atoms with van der Waals surface area (Å²) in [6, 6.07) is 5.34. The maximum atomic E-state index is 11.5. The number of rotatable bonds is 6. The monoisotopic (exact) mass is 221 g/mol. The first-order chi connectivity index (χ1) is 7.77. The van der Waals surface area contributed by atoms with Gasteiger partial charge in [0.05, 0.1) is 12.6 Å². The number of carbonyl (C=O) groups excluding carboxylic acids is 1. The molecule has 0 aliphatic rings. The average Bonchev–Trinajstić information content (AvgIpc) is 2.77. The van der Waals surface area contributed by atoms with Crippen molar-refractivity contribution in [2.24, 2.45) is 5.73 Å². The van der Waals surface area contributed by atoms with Crippen molar-refractivity contribution >= 4 is 5.91 Å². The van der Waals surface area contributed by atoms with Gasteiger partial charge in [0, 0.05) is 13.0 Å². The molecule has 16 heavy (non-hydrogen) atoms. The van der Waals surface area contributed by atoms with Crippen molar-refractivity contribution in [1.82, 2.24) is 5.32 Å². The Kier molecular flexibility index (Phi) is 5.09. The van der Waals surface area contributed by atoms with Gasteiger partial charge in [0.1, 0.15) is 5.76 Å². The molecule has 1 aromatic heterocycles. The molecule has 1 amide bonds. The van der Waals surface area contributed by atoms with E-state index in [1.807, 2.05) is 0 Å². The molecule has 0 atom stereocenters. The summed E-state index contributed by atoms with van der Waals surface area (Å²) in [4.78, 5) is 11.5. The molecule has 0 spiro atoms. The molecule has 0 aliphatic heterocycles. The number of hydrogen-bond donors (Lipinski definition) is 2. The lowest BCUT2D eigenvalue weighted by Crippen LogP contribution is -2.23. The number of carbonyl (C=O) groups is 1. The van der Waals surface area contributed by atoms with Gasteiger partial charge in [-0.05, 0) is 25.0 Å². The fourth-order valence-corrected chi connectivity index (χ4v) is 1.23. The van der Waals surface area contributed by atoms with Crippen LogP contribution in [0.3, 0.4) is 0 Å².